The summed E-state index contributed by atoms with van der Waals surface area (Å²) < 4.78 is 0. The number of imidazole rings is 1. The minimum Gasteiger partial charge on any atom is -0.348 e. The van der Waals surface area contributed by atoms with E-state index in [9.17, 15) is 4.79 Å². The van der Waals surface area contributed by atoms with Crippen molar-refractivity contribution in [1.29, 1.82) is 0 Å². The summed E-state index contributed by atoms with van der Waals surface area (Å²) in [6, 6.07) is 0.381. The Balaban J connectivity index is 1.81. The van der Waals surface area contributed by atoms with Crippen molar-refractivity contribution in [3.8, 4) is 0 Å². The van der Waals surface area contributed by atoms with Gasteiger partial charge in [-0.25, -0.2) is 4.98 Å². The van der Waals surface area contributed by atoms with E-state index < -0.39 is 0 Å². The molecule has 2 heterocycles. The molecule has 1 aliphatic heterocycles. The minimum atomic E-state index is 0.0915. The third kappa shape index (κ3) is 3.32. The Hall–Kier alpha value is -1.36. The van der Waals surface area contributed by atoms with Gasteiger partial charge >= 0.3 is 0 Å². The molecule has 1 unspecified atom stereocenters. The molecule has 0 bridgehead atoms. The van der Waals surface area contributed by atoms with E-state index in [1.165, 1.54) is 0 Å². The van der Waals surface area contributed by atoms with E-state index in [0.29, 0.717) is 6.04 Å². The van der Waals surface area contributed by atoms with E-state index in [1.807, 2.05) is 24.9 Å². The van der Waals surface area contributed by atoms with Gasteiger partial charge in [-0.1, -0.05) is 13.8 Å². The van der Waals surface area contributed by atoms with Crippen LogP contribution in [0, 0.1) is 5.92 Å². The third-order valence-corrected chi connectivity index (χ3v) is 3.34. The third-order valence-electron chi connectivity index (χ3n) is 3.34. The number of aromatic nitrogens is 2. The van der Waals surface area contributed by atoms with Crippen LogP contribution in [0.15, 0.2) is 12.4 Å². The molecule has 1 aromatic heterocycles. The second-order valence-electron chi connectivity index (χ2n) is 5.19. The quantitative estimate of drug-likeness (QED) is 0.842. The van der Waals surface area contributed by atoms with E-state index in [0.717, 1.165) is 38.3 Å². The fourth-order valence-electron chi connectivity index (χ4n) is 2.34. The van der Waals surface area contributed by atoms with Crippen LogP contribution in [0.2, 0.25) is 0 Å². The summed E-state index contributed by atoms with van der Waals surface area (Å²) >= 11 is 0. The molecular weight excluding hydrogens is 228 g/mol. The van der Waals surface area contributed by atoms with Crippen LogP contribution in [-0.4, -0.2) is 39.9 Å². The van der Waals surface area contributed by atoms with Gasteiger partial charge in [0.2, 0.25) is 5.91 Å². The predicted octanol–water partition coefficient (Wildman–Crippen LogP) is 1.15. The molecule has 18 heavy (non-hydrogen) atoms. The molecule has 0 saturated carbocycles. The highest BCUT2D eigenvalue weighted by Crippen LogP contribution is 2.13. The van der Waals surface area contributed by atoms with Gasteiger partial charge in [0.05, 0.1) is 6.54 Å². The minimum absolute atomic E-state index is 0.0915. The Kier molecular flexibility index (Phi) is 4.36. The fourth-order valence-corrected chi connectivity index (χ4v) is 2.34. The lowest BCUT2D eigenvalue weighted by atomic mass is 10.0. The second kappa shape index (κ2) is 6.00. The molecule has 2 rings (SSSR count). The van der Waals surface area contributed by atoms with Crippen LogP contribution in [-0.2, 0) is 11.3 Å². The number of amides is 1. The molecule has 1 amide bonds. The molecule has 0 radical (unpaired) electrons. The van der Waals surface area contributed by atoms with Crippen molar-refractivity contribution in [2.24, 2.45) is 5.92 Å². The average Bonchev–Trinajstić information content (AvgIpc) is 2.89. The molecule has 1 atom stereocenters. The van der Waals surface area contributed by atoms with Gasteiger partial charge in [-0.05, 0) is 12.8 Å². The van der Waals surface area contributed by atoms with E-state index in [2.05, 4.69) is 15.3 Å². The summed E-state index contributed by atoms with van der Waals surface area (Å²) in [4.78, 5) is 21.2. The van der Waals surface area contributed by atoms with Crippen LogP contribution < -0.4 is 5.32 Å². The number of hydrogen-bond acceptors (Lipinski definition) is 3. The van der Waals surface area contributed by atoms with Gasteiger partial charge in [0.15, 0.2) is 0 Å². The van der Waals surface area contributed by atoms with Crippen molar-refractivity contribution in [2.75, 3.05) is 13.1 Å². The molecule has 1 aromatic rings. The zero-order valence-electron chi connectivity index (χ0n) is 11.1. The van der Waals surface area contributed by atoms with Gasteiger partial charge < -0.3 is 15.2 Å². The van der Waals surface area contributed by atoms with Crippen molar-refractivity contribution in [1.82, 2.24) is 20.2 Å². The summed E-state index contributed by atoms with van der Waals surface area (Å²) in [6.07, 6.45) is 5.79. The molecule has 1 aliphatic rings. The lowest BCUT2D eigenvalue weighted by Gasteiger charge is -2.34. The SMILES string of the molecule is CC(C)C(=O)N1CCCC(NCc2ncc[nH]2)C1. The normalized spacial score (nSPS) is 20.4. The van der Waals surface area contributed by atoms with Gasteiger partial charge in [-0.2, -0.15) is 0 Å². The monoisotopic (exact) mass is 250 g/mol. The fraction of sp³-hybridized carbons (Fsp3) is 0.692. The zero-order chi connectivity index (χ0) is 13.0. The van der Waals surface area contributed by atoms with E-state index in [4.69, 9.17) is 0 Å². The van der Waals surface area contributed by atoms with Gasteiger partial charge in [0.1, 0.15) is 5.82 Å². The molecule has 0 spiro atoms. The lowest BCUT2D eigenvalue weighted by molar-refractivity contribution is -0.135. The molecule has 0 aromatic carbocycles. The maximum Gasteiger partial charge on any atom is 0.225 e. The van der Waals surface area contributed by atoms with Gasteiger partial charge in [-0.15, -0.1) is 0 Å². The first-order chi connectivity index (χ1) is 8.66. The maximum atomic E-state index is 12.0. The standard InChI is InChI=1S/C13H22N4O/c1-10(2)13(18)17-7-3-4-11(9-17)16-8-12-14-5-6-15-12/h5-6,10-11,16H,3-4,7-9H2,1-2H3,(H,14,15). The van der Waals surface area contributed by atoms with Crippen molar-refractivity contribution < 1.29 is 4.79 Å². The highest BCUT2D eigenvalue weighted by atomic mass is 16.2. The first-order valence-electron chi connectivity index (χ1n) is 6.67. The largest absolute Gasteiger partial charge is 0.348 e. The van der Waals surface area contributed by atoms with Crippen LogP contribution >= 0.6 is 0 Å². The number of nitrogens with one attached hydrogen (secondary N) is 2. The van der Waals surface area contributed by atoms with Gasteiger partial charge in [0.25, 0.3) is 0 Å². The Morgan fingerprint density at radius 1 is 1.67 bits per heavy atom. The van der Waals surface area contributed by atoms with Crippen LogP contribution in [0.4, 0.5) is 0 Å². The first kappa shape index (κ1) is 13.1. The van der Waals surface area contributed by atoms with Crippen LogP contribution in [0.1, 0.15) is 32.5 Å². The van der Waals surface area contributed by atoms with Crippen molar-refractivity contribution in [3.63, 3.8) is 0 Å². The van der Waals surface area contributed by atoms with Crippen LogP contribution in [0.25, 0.3) is 0 Å². The number of carbonyl (C=O) groups is 1. The van der Waals surface area contributed by atoms with E-state index >= 15 is 0 Å². The second-order valence-corrected chi connectivity index (χ2v) is 5.19. The zero-order valence-corrected chi connectivity index (χ0v) is 11.1. The molecule has 100 valence electrons. The molecule has 5 nitrogen and oxygen atoms in total. The number of nitrogens with zero attached hydrogens (tertiary/aromatic N) is 2. The van der Waals surface area contributed by atoms with Gasteiger partial charge in [-0.3, -0.25) is 4.79 Å². The summed E-state index contributed by atoms with van der Waals surface area (Å²) in [7, 11) is 0. The summed E-state index contributed by atoms with van der Waals surface area (Å²) in [6.45, 7) is 6.37. The maximum absolute atomic E-state index is 12.0. The highest BCUT2D eigenvalue weighted by molar-refractivity contribution is 5.78. The average molecular weight is 250 g/mol. The van der Waals surface area contributed by atoms with Crippen molar-refractivity contribution in [2.45, 2.75) is 39.3 Å². The Morgan fingerprint density at radius 2 is 2.50 bits per heavy atom. The van der Waals surface area contributed by atoms with Gasteiger partial charge in [0, 0.05) is 37.4 Å². The predicted molar refractivity (Wildman–Crippen MR) is 69.9 cm³/mol. The number of hydrogen-bond donors (Lipinski definition) is 2. The Morgan fingerprint density at radius 3 is 3.17 bits per heavy atom. The first-order valence-corrected chi connectivity index (χ1v) is 6.67. The highest BCUT2D eigenvalue weighted by Gasteiger charge is 2.24. The molecule has 5 heteroatoms. The Bertz CT molecular complexity index is 374. The van der Waals surface area contributed by atoms with Crippen LogP contribution in [0.5, 0.6) is 0 Å². The van der Waals surface area contributed by atoms with Crippen molar-refractivity contribution >= 4 is 5.91 Å². The summed E-state index contributed by atoms with van der Waals surface area (Å²) in [5.41, 5.74) is 0. The molecular formula is C13H22N4O. The lowest BCUT2D eigenvalue weighted by Crippen LogP contribution is -2.48. The summed E-state index contributed by atoms with van der Waals surface area (Å²) in [5.74, 6) is 1.30. The summed E-state index contributed by atoms with van der Waals surface area (Å²) in [5, 5.41) is 3.46. The smallest absolute Gasteiger partial charge is 0.225 e. The number of likely N-dealkylation sites (tertiary alicyclic amines) is 1. The van der Waals surface area contributed by atoms with Crippen molar-refractivity contribution in [3.05, 3.63) is 18.2 Å². The van der Waals surface area contributed by atoms with Crippen LogP contribution in [0.3, 0.4) is 0 Å². The topological polar surface area (TPSA) is 61.0 Å². The van der Waals surface area contributed by atoms with E-state index in [1.54, 1.807) is 6.20 Å². The number of piperidine rings is 1. The number of rotatable bonds is 4. The molecule has 0 aliphatic carbocycles. The molecule has 2 N–H and O–H groups in total. The molecule has 1 saturated heterocycles. The number of H-pyrrole nitrogens is 1. The van der Waals surface area contributed by atoms with E-state index in [-0.39, 0.29) is 11.8 Å². The number of carbonyl (C=O) groups excluding carboxylic acids is 1. The number of aromatic amines is 1. The Labute approximate surface area is 108 Å². The molecule has 1 fully saturated rings.